The minimum atomic E-state index is -1.73. The van der Waals surface area contributed by atoms with Gasteiger partial charge in [0.05, 0.1) is 0 Å². The Morgan fingerprint density at radius 3 is 2.10 bits per heavy atom. The Bertz CT molecular complexity index is 1080. The molecule has 160 valence electrons. The zero-order chi connectivity index (χ0) is 22.4. The summed E-state index contributed by atoms with van der Waals surface area (Å²) >= 11 is 0. The molecule has 0 fully saturated rings. The number of rotatable bonds is 9. The lowest BCUT2D eigenvalue weighted by Gasteiger charge is -2.11. The van der Waals surface area contributed by atoms with Crippen LogP contribution in [0, 0.1) is 23.3 Å². The Morgan fingerprint density at radius 1 is 0.806 bits per heavy atom. The van der Waals surface area contributed by atoms with E-state index in [9.17, 15) is 27.2 Å². The first-order valence-corrected chi connectivity index (χ1v) is 9.28. The monoisotopic (exact) mass is 431 g/mol. The predicted molar refractivity (Wildman–Crippen MR) is 107 cm³/mol. The molecule has 0 atom stereocenters. The SMILES string of the molecule is O=C(CCC(=O)c1ccccc1Nc1ccccc1)COc1c(F)c(F)cc(F)c1F. The number of Topliss-reactive ketones (excluding diaryl/α,β-unsaturated/α-hetero) is 2. The largest absolute Gasteiger partial charge is 0.480 e. The highest BCUT2D eigenvalue weighted by Gasteiger charge is 2.21. The van der Waals surface area contributed by atoms with Crippen molar-refractivity contribution in [1.82, 2.24) is 0 Å². The number of carbonyl (C=O) groups excluding carboxylic acids is 2. The van der Waals surface area contributed by atoms with E-state index in [-0.39, 0.29) is 24.7 Å². The Hall–Kier alpha value is -3.68. The molecule has 0 saturated carbocycles. The maximum absolute atomic E-state index is 13.6. The van der Waals surface area contributed by atoms with Gasteiger partial charge in [-0.05, 0) is 24.3 Å². The molecule has 0 aliphatic carbocycles. The molecular formula is C23H17F4NO3. The van der Waals surface area contributed by atoms with E-state index in [1.54, 1.807) is 24.3 Å². The number of halogens is 4. The molecule has 0 spiro atoms. The number of ketones is 2. The van der Waals surface area contributed by atoms with Crippen molar-refractivity contribution in [1.29, 1.82) is 0 Å². The molecule has 31 heavy (non-hydrogen) atoms. The van der Waals surface area contributed by atoms with Gasteiger partial charge < -0.3 is 10.1 Å². The second-order valence-corrected chi connectivity index (χ2v) is 6.58. The first kappa shape index (κ1) is 22.0. The van der Waals surface area contributed by atoms with Crippen LogP contribution in [-0.4, -0.2) is 18.2 Å². The molecule has 0 amide bonds. The normalized spacial score (nSPS) is 10.6. The Kier molecular flexibility index (Phi) is 7.02. The smallest absolute Gasteiger partial charge is 0.203 e. The maximum Gasteiger partial charge on any atom is 0.203 e. The molecule has 0 heterocycles. The van der Waals surface area contributed by atoms with Gasteiger partial charge in [-0.1, -0.05) is 30.3 Å². The summed E-state index contributed by atoms with van der Waals surface area (Å²) in [5.74, 6) is -9.05. The van der Waals surface area contributed by atoms with Crippen molar-refractivity contribution in [3.8, 4) is 5.75 Å². The highest BCUT2D eigenvalue weighted by molar-refractivity contribution is 6.03. The lowest BCUT2D eigenvalue weighted by Crippen LogP contribution is -2.15. The fourth-order valence-corrected chi connectivity index (χ4v) is 2.80. The Morgan fingerprint density at radius 2 is 1.42 bits per heavy atom. The van der Waals surface area contributed by atoms with Gasteiger partial charge in [-0.15, -0.1) is 0 Å². The van der Waals surface area contributed by atoms with Gasteiger partial charge in [0.15, 0.2) is 29.0 Å². The molecule has 0 aromatic heterocycles. The fourth-order valence-electron chi connectivity index (χ4n) is 2.80. The number of hydrogen-bond acceptors (Lipinski definition) is 4. The van der Waals surface area contributed by atoms with Gasteiger partial charge >= 0.3 is 0 Å². The quantitative estimate of drug-likeness (QED) is 0.272. The highest BCUT2D eigenvalue weighted by atomic mass is 19.2. The van der Waals surface area contributed by atoms with Crippen molar-refractivity contribution >= 4 is 22.9 Å². The molecule has 0 aliphatic heterocycles. The van der Waals surface area contributed by atoms with Crippen molar-refractivity contribution in [2.75, 3.05) is 11.9 Å². The summed E-state index contributed by atoms with van der Waals surface area (Å²) in [5, 5.41) is 3.13. The molecular weight excluding hydrogens is 414 g/mol. The minimum Gasteiger partial charge on any atom is -0.480 e. The van der Waals surface area contributed by atoms with E-state index in [1.807, 2.05) is 30.3 Å². The van der Waals surface area contributed by atoms with Crippen molar-refractivity contribution < 1.29 is 31.9 Å². The van der Waals surface area contributed by atoms with Crippen molar-refractivity contribution in [3.63, 3.8) is 0 Å². The molecule has 4 nitrogen and oxygen atoms in total. The molecule has 0 radical (unpaired) electrons. The van der Waals surface area contributed by atoms with Gasteiger partial charge in [0, 0.05) is 35.8 Å². The average Bonchev–Trinajstić information content (AvgIpc) is 2.77. The topological polar surface area (TPSA) is 55.4 Å². The van der Waals surface area contributed by atoms with E-state index < -0.39 is 41.4 Å². The number of carbonyl (C=O) groups is 2. The van der Waals surface area contributed by atoms with Crippen LogP contribution in [0.5, 0.6) is 5.75 Å². The molecule has 3 rings (SSSR count). The lowest BCUT2D eigenvalue weighted by molar-refractivity contribution is -0.121. The Balaban J connectivity index is 1.60. The van der Waals surface area contributed by atoms with Crippen LogP contribution in [0.1, 0.15) is 23.2 Å². The van der Waals surface area contributed by atoms with Crippen LogP contribution in [0.3, 0.4) is 0 Å². The zero-order valence-corrected chi connectivity index (χ0v) is 16.1. The van der Waals surface area contributed by atoms with Gasteiger partial charge in [-0.25, -0.2) is 8.78 Å². The molecule has 1 N–H and O–H groups in total. The maximum atomic E-state index is 13.6. The number of nitrogens with one attached hydrogen (secondary N) is 1. The van der Waals surface area contributed by atoms with E-state index in [0.29, 0.717) is 11.3 Å². The highest BCUT2D eigenvalue weighted by Crippen LogP contribution is 2.27. The average molecular weight is 431 g/mol. The lowest BCUT2D eigenvalue weighted by atomic mass is 10.0. The van der Waals surface area contributed by atoms with E-state index in [0.717, 1.165) is 5.69 Å². The zero-order valence-electron chi connectivity index (χ0n) is 16.1. The number of ether oxygens (including phenoxy) is 1. The van der Waals surface area contributed by atoms with Crippen LogP contribution < -0.4 is 10.1 Å². The first-order valence-electron chi connectivity index (χ1n) is 9.28. The second kappa shape index (κ2) is 9.88. The van der Waals surface area contributed by atoms with Crippen molar-refractivity contribution in [2.45, 2.75) is 12.8 Å². The van der Waals surface area contributed by atoms with Crippen LogP contribution >= 0.6 is 0 Å². The van der Waals surface area contributed by atoms with E-state index in [2.05, 4.69) is 10.1 Å². The number of para-hydroxylation sites is 2. The molecule has 3 aromatic carbocycles. The van der Waals surface area contributed by atoms with E-state index in [1.165, 1.54) is 0 Å². The Labute approximate surface area is 175 Å². The second-order valence-electron chi connectivity index (χ2n) is 6.58. The third-order valence-corrected chi connectivity index (χ3v) is 4.36. The minimum absolute atomic E-state index is 0.0406. The van der Waals surface area contributed by atoms with Gasteiger partial charge in [0.1, 0.15) is 6.61 Å². The molecule has 0 bridgehead atoms. The number of benzene rings is 3. The summed E-state index contributed by atoms with van der Waals surface area (Å²) in [6.45, 7) is -0.839. The molecule has 3 aromatic rings. The number of hydrogen-bond donors (Lipinski definition) is 1. The fraction of sp³-hybridized carbons (Fsp3) is 0.130. The third kappa shape index (κ3) is 5.48. The molecule has 8 heteroatoms. The summed E-state index contributed by atoms with van der Waals surface area (Å²) in [5.41, 5.74) is 1.70. The molecule has 0 unspecified atom stereocenters. The van der Waals surface area contributed by atoms with E-state index >= 15 is 0 Å². The number of anilines is 2. The van der Waals surface area contributed by atoms with Crippen LogP contribution in [-0.2, 0) is 4.79 Å². The summed E-state index contributed by atoms with van der Waals surface area (Å²) in [6, 6.07) is 16.0. The predicted octanol–water partition coefficient (Wildman–Crippen LogP) is 5.60. The van der Waals surface area contributed by atoms with Crippen molar-refractivity contribution in [3.05, 3.63) is 89.5 Å². The summed E-state index contributed by atoms with van der Waals surface area (Å²) in [6.07, 6.45) is -0.461. The van der Waals surface area contributed by atoms with Gasteiger partial charge in [-0.2, -0.15) is 8.78 Å². The van der Waals surface area contributed by atoms with Gasteiger partial charge in [-0.3, -0.25) is 9.59 Å². The van der Waals surface area contributed by atoms with Gasteiger partial charge in [0.25, 0.3) is 0 Å². The summed E-state index contributed by atoms with van der Waals surface area (Å²) < 4.78 is 58.1. The third-order valence-electron chi connectivity index (χ3n) is 4.36. The summed E-state index contributed by atoms with van der Waals surface area (Å²) in [7, 11) is 0. The van der Waals surface area contributed by atoms with Crippen LogP contribution in [0.2, 0.25) is 0 Å². The van der Waals surface area contributed by atoms with Crippen molar-refractivity contribution in [2.24, 2.45) is 0 Å². The van der Waals surface area contributed by atoms with Gasteiger partial charge in [0.2, 0.25) is 11.6 Å². The van der Waals surface area contributed by atoms with Crippen LogP contribution in [0.4, 0.5) is 28.9 Å². The van der Waals surface area contributed by atoms with Crippen LogP contribution in [0.15, 0.2) is 60.7 Å². The first-order chi connectivity index (χ1) is 14.9. The summed E-state index contributed by atoms with van der Waals surface area (Å²) in [4.78, 5) is 24.6. The van der Waals surface area contributed by atoms with E-state index in [4.69, 9.17) is 0 Å². The van der Waals surface area contributed by atoms with Crippen LogP contribution in [0.25, 0.3) is 0 Å². The molecule has 0 saturated heterocycles. The molecule has 0 aliphatic rings. The standard InChI is InChI=1S/C23H17F4NO3/c24-17-12-18(25)22(27)23(21(17)26)31-13-15(29)10-11-20(30)16-8-4-5-9-19(16)28-14-6-2-1-3-7-14/h1-9,12,28H,10-11,13H2.